The SMILES string of the molecule is CCCOC(=O)c1cccc(NC(=O)Cn2cnc3scc(-c4ccc(Br)cc4)c3c2=O)c1. The number of fused-ring (bicyclic) bond motifs is 1. The summed E-state index contributed by atoms with van der Waals surface area (Å²) in [7, 11) is 0. The maximum Gasteiger partial charge on any atom is 0.338 e. The van der Waals surface area contributed by atoms with E-state index in [2.05, 4.69) is 26.2 Å². The summed E-state index contributed by atoms with van der Waals surface area (Å²) in [6, 6.07) is 14.2. The van der Waals surface area contributed by atoms with Gasteiger partial charge in [-0.1, -0.05) is 41.1 Å². The van der Waals surface area contributed by atoms with E-state index < -0.39 is 11.9 Å². The van der Waals surface area contributed by atoms with E-state index in [0.29, 0.717) is 28.1 Å². The van der Waals surface area contributed by atoms with E-state index in [1.54, 1.807) is 24.3 Å². The molecule has 0 unspecified atom stereocenters. The molecule has 2 aromatic carbocycles. The lowest BCUT2D eigenvalue weighted by Crippen LogP contribution is -2.27. The van der Waals surface area contributed by atoms with Crippen molar-refractivity contribution in [1.29, 1.82) is 0 Å². The molecule has 0 aliphatic heterocycles. The Bertz CT molecular complexity index is 1380. The van der Waals surface area contributed by atoms with Crippen molar-refractivity contribution >= 4 is 55.0 Å². The molecule has 33 heavy (non-hydrogen) atoms. The van der Waals surface area contributed by atoms with Crippen molar-refractivity contribution in [2.75, 3.05) is 11.9 Å². The number of esters is 1. The Kier molecular flexibility index (Phi) is 7.00. The third kappa shape index (κ3) is 5.20. The highest BCUT2D eigenvalue weighted by atomic mass is 79.9. The van der Waals surface area contributed by atoms with Gasteiger partial charge >= 0.3 is 5.97 Å². The van der Waals surface area contributed by atoms with Gasteiger partial charge in [-0.25, -0.2) is 9.78 Å². The van der Waals surface area contributed by atoms with Gasteiger partial charge in [-0.15, -0.1) is 11.3 Å². The van der Waals surface area contributed by atoms with Gasteiger partial charge < -0.3 is 10.1 Å². The molecule has 4 aromatic rings. The van der Waals surface area contributed by atoms with Crippen LogP contribution in [0.15, 0.2) is 69.5 Å². The molecule has 0 radical (unpaired) electrons. The topological polar surface area (TPSA) is 90.3 Å². The van der Waals surface area contributed by atoms with Crippen molar-refractivity contribution in [1.82, 2.24) is 9.55 Å². The van der Waals surface area contributed by atoms with Crippen LogP contribution in [0, 0.1) is 0 Å². The van der Waals surface area contributed by atoms with Gasteiger partial charge in [-0.2, -0.15) is 0 Å². The minimum absolute atomic E-state index is 0.206. The molecule has 7 nitrogen and oxygen atoms in total. The molecule has 2 aromatic heterocycles. The average Bonchev–Trinajstić information content (AvgIpc) is 3.25. The summed E-state index contributed by atoms with van der Waals surface area (Å²) in [5.74, 6) is -0.852. The summed E-state index contributed by atoms with van der Waals surface area (Å²) in [4.78, 5) is 42.8. The first-order valence-corrected chi connectivity index (χ1v) is 11.9. The minimum atomic E-state index is -0.447. The minimum Gasteiger partial charge on any atom is -0.462 e. The van der Waals surface area contributed by atoms with Crippen LogP contribution < -0.4 is 10.9 Å². The van der Waals surface area contributed by atoms with Crippen LogP contribution in [0.2, 0.25) is 0 Å². The van der Waals surface area contributed by atoms with Crippen molar-refractivity contribution in [2.24, 2.45) is 0 Å². The molecular formula is C24H20BrN3O4S. The smallest absolute Gasteiger partial charge is 0.338 e. The highest BCUT2D eigenvalue weighted by molar-refractivity contribution is 9.10. The molecule has 2 heterocycles. The Hall–Kier alpha value is -3.30. The zero-order valence-corrected chi connectivity index (χ0v) is 20.1. The molecule has 4 rings (SSSR count). The highest BCUT2D eigenvalue weighted by Gasteiger charge is 2.15. The number of ether oxygens (including phenoxy) is 1. The number of halogens is 1. The maximum absolute atomic E-state index is 13.2. The summed E-state index contributed by atoms with van der Waals surface area (Å²) >= 11 is 4.80. The molecule has 1 amide bonds. The fraction of sp³-hybridized carbons (Fsp3) is 0.167. The number of hydrogen-bond acceptors (Lipinski definition) is 6. The van der Waals surface area contributed by atoms with Crippen LogP contribution in [0.3, 0.4) is 0 Å². The molecule has 168 valence electrons. The van der Waals surface area contributed by atoms with Crippen LogP contribution in [0.1, 0.15) is 23.7 Å². The summed E-state index contributed by atoms with van der Waals surface area (Å²) in [6.07, 6.45) is 2.10. The zero-order chi connectivity index (χ0) is 23.4. The van der Waals surface area contributed by atoms with Crippen molar-refractivity contribution in [3.63, 3.8) is 0 Å². The second kappa shape index (κ2) is 10.1. The number of carbonyl (C=O) groups excluding carboxylic acids is 2. The Labute approximate surface area is 202 Å². The van der Waals surface area contributed by atoms with Gasteiger partial charge in [0, 0.05) is 21.1 Å². The first-order chi connectivity index (χ1) is 16.0. The molecule has 0 atom stereocenters. The molecule has 0 spiro atoms. The normalized spacial score (nSPS) is 10.8. The second-order valence-electron chi connectivity index (χ2n) is 7.28. The Balaban J connectivity index is 1.55. The quantitative estimate of drug-likeness (QED) is 0.339. The first-order valence-electron chi connectivity index (χ1n) is 10.3. The van der Waals surface area contributed by atoms with Crippen LogP contribution in [-0.4, -0.2) is 28.0 Å². The van der Waals surface area contributed by atoms with E-state index in [-0.39, 0.29) is 12.1 Å². The number of rotatable bonds is 7. The molecule has 9 heteroatoms. The molecule has 0 aliphatic carbocycles. The number of aromatic nitrogens is 2. The van der Waals surface area contributed by atoms with E-state index in [1.807, 2.05) is 36.6 Å². The summed E-state index contributed by atoms with van der Waals surface area (Å²) in [5, 5.41) is 5.11. The van der Waals surface area contributed by atoms with Crippen molar-refractivity contribution in [2.45, 2.75) is 19.9 Å². The van der Waals surface area contributed by atoms with Crippen LogP contribution in [0.25, 0.3) is 21.3 Å². The third-order valence-electron chi connectivity index (χ3n) is 4.85. The van der Waals surface area contributed by atoms with E-state index >= 15 is 0 Å². The predicted octanol–water partition coefficient (Wildman–Crippen LogP) is 5.09. The molecule has 0 bridgehead atoms. The van der Waals surface area contributed by atoms with Gasteiger partial charge in [0.2, 0.25) is 5.91 Å². The van der Waals surface area contributed by atoms with Gasteiger partial charge in [0.05, 0.1) is 23.9 Å². The Morgan fingerprint density at radius 2 is 1.97 bits per heavy atom. The number of thiophene rings is 1. The fourth-order valence-corrected chi connectivity index (χ4v) is 4.45. The van der Waals surface area contributed by atoms with Crippen LogP contribution in [0.5, 0.6) is 0 Å². The number of carbonyl (C=O) groups is 2. The first kappa shape index (κ1) is 22.9. The predicted molar refractivity (Wildman–Crippen MR) is 133 cm³/mol. The number of benzene rings is 2. The van der Waals surface area contributed by atoms with E-state index in [9.17, 15) is 14.4 Å². The van der Waals surface area contributed by atoms with E-state index in [1.165, 1.54) is 22.2 Å². The lowest BCUT2D eigenvalue weighted by Gasteiger charge is -2.09. The average molecular weight is 526 g/mol. The third-order valence-corrected chi connectivity index (χ3v) is 6.26. The molecular weight excluding hydrogens is 506 g/mol. The lowest BCUT2D eigenvalue weighted by atomic mass is 10.1. The van der Waals surface area contributed by atoms with Crippen LogP contribution in [0.4, 0.5) is 5.69 Å². The Morgan fingerprint density at radius 3 is 2.73 bits per heavy atom. The fourth-order valence-electron chi connectivity index (χ4n) is 3.28. The largest absolute Gasteiger partial charge is 0.462 e. The van der Waals surface area contributed by atoms with Gasteiger partial charge in [-0.3, -0.25) is 14.2 Å². The summed E-state index contributed by atoms with van der Waals surface area (Å²) < 4.78 is 7.36. The van der Waals surface area contributed by atoms with E-state index in [4.69, 9.17) is 4.74 Å². The number of amides is 1. The Morgan fingerprint density at radius 1 is 1.18 bits per heavy atom. The maximum atomic E-state index is 13.2. The molecule has 0 aliphatic rings. The van der Waals surface area contributed by atoms with Gasteiger partial charge in [0.1, 0.15) is 11.4 Å². The number of nitrogens with one attached hydrogen (secondary N) is 1. The number of hydrogen-bond donors (Lipinski definition) is 1. The van der Waals surface area contributed by atoms with Gasteiger partial charge in [0.25, 0.3) is 5.56 Å². The second-order valence-corrected chi connectivity index (χ2v) is 9.05. The lowest BCUT2D eigenvalue weighted by molar-refractivity contribution is -0.116. The summed E-state index contributed by atoms with van der Waals surface area (Å²) in [5.41, 5.74) is 2.19. The highest BCUT2D eigenvalue weighted by Crippen LogP contribution is 2.31. The molecule has 1 N–H and O–H groups in total. The summed E-state index contributed by atoms with van der Waals surface area (Å²) in [6.45, 7) is 2.04. The van der Waals surface area contributed by atoms with Crippen molar-refractivity contribution in [3.05, 3.63) is 80.6 Å². The van der Waals surface area contributed by atoms with Gasteiger partial charge in [-0.05, 0) is 42.3 Å². The molecule has 0 saturated heterocycles. The van der Waals surface area contributed by atoms with Crippen LogP contribution in [-0.2, 0) is 16.1 Å². The number of nitrogens with zero attached hydrogens (tertiary/aromatic N) is 2. The van der Waals surface area contributed by atoms with Crippen molar-refractivity contribution < 1.29 is 14.3 Å². The number of anilines is 1. The molecule has 0 saturated carbocycles. The van der Waals surface area contributed by atoms with E-state index in [0.717, 1.165) is 22.0 Å². The van der Waals surface area contributed by atoms with Crippen LogP contribution >= 0.6 is 27.3 Å². The molecule has 0 fully saturated rings. The van der Waals surface area contributed by atoms with Crippen molar-refractivity contribution in [3.8, 4) is 11.1 Å². The zero-order valence-electron chi connectivity index (χ0n) is 17.7. The monoisotopic (exact) mass is 525 g/mol. The standard InChI is InChI=1S/C24H20BrN3O4S/c1-2-10-32-24(31)16-4-3-5-18(11-16)27-20(29)12-28-14-26-22-21(23(28)30)19(13-33-22)15-6-8-17(25)9-7-15/h3-9,11,13-14H,2,10,12H2,1H3,(H,27,29). The van der Waals surface area contributed by atoms with Gasteiger partial charge in [0.15, 0.2) is 0 Å².